The van der Waals surface area contributed by atoms with E-state index in [1.54, 1.807) is 35.5 Å². The zero-order chi connectivity index (χ0) is 15.7. The summed E-state index contributed by atoms with van der Waals surface area (Å²) in [5.74, 6) is 1.33. The van der Waals surface area contributed by atoms with Crippen LogP contribution < -0.4 is 5.32 Å². The lowest BCUT2D eigenvalue weighted by Gasteiger charge is -2.02. The summed E-state index contributed by atoms with van der Waals surface area (Å²) in [6, 6.07) is 5.39. The first kappa shape index (κ1) is 14.5. The molecule has 0 atom stereocenters. The van der Waals surface area contributed by atoms with Crippen LogP contribution in [0.25, 0.3) is 11.5 Å². The molecule has 22 heavy (non-hydrogen) atoms. The van der Waals surface area contributed by atoms with Crippen molar-refractivity contribution in [3.05, 3.63) is 40.5 Å². The summed E-state index contributed by atoms with van der Waals surface area (Å²) in [6.45, 7) is 4.11. The Hall–Kier alpha value is -2.41. The van der Waals surface area contributed by atoms with Crippen LogP contribution in [0.2, 0.25) is 0 Å². The Kier molecular flexibility index (Phi) is 3.81. The third-order valence-electron chi connectivity index (χ3n) is 3.14. The molecule has 0 aliphatic rings. The van der Waals surface area contributed by atoms with Gasteiger partial charge in [0.1, 0.15) is 17.2 Å². The van der Waals surface area contributed by atoms with Gasteiger partial charge in [0.25, 0.3) is 5.91 Å². The molecule has 0 aliphatic carbocycles. The van der Waals surface area contributed by atoms with E-state index in [1.165, 1.54) is 11.3 Å². The summed E-state index contributed by atoms with van der Waals surface area (Å²) < 4.78 is 6.91. The molecule has 0 spiro atoms. The summed E-state index contributed by atoms with van der Waals surface area (Å²) in [5.41, 5.74) is 1.10. The SMILES string of the molecule is CC(C)c1nc(C(=O)Nc2cc(-c3ccco3)nn2C)cs1. The van der Waals surface area contributed by atoms with Gasteiger partial charge in [-0.3, -0.25) is 9.48 Å². The fraction of sp³-hybridized carbons (Fsp3) is 0.267. The molecule has 3 aromatic heterocycles. The lowest BCUT2D eigenvalue weighted by molar-refractivity contribution is 0.102. The highest BCUT2D eigenvalue weighted by atomic mass is 32.1. The zero-order valence-corrected chi connectivity index (χ0v) is 13.3. The second-order valence-electron chi connectivity index (χ2n) is 5.20. The van der Waals surface area contributed by atoms with Crippen LogP contribution in [0.5, 0.6) is 0 Å². The first-order valence-electron chi connectivity index (χ1n) is 6.89. The summed E-state index contributed by atoms with van der Waals surface area (Å²) in [4.78, 5) is 16.6. The number of nitrogens with one attached hydrogen (secondary N) is 1. The number of aromatic nitrogens is 3. The van der Waals surface area contributed by atoms with Crippen molar-refractivity contribution in [3.8, 4) is 11.5 Å². The molecule has 6 nitrogen and oxygen atoms in total. The molecule has 0 saturated heterocycles. The van der Waals surface area contributed by atoms with E-state index in [0.29, 0.717) is 28.9 Å². The average Bonchev–Trinajstić information content (AvgIpc) is 3.18. The van der Waals surface area contributed by atoms with Crippen molar-refractivity contribution >= 4 is 23.1 Å². The monoisotopic (exact) mass is 316 g/mol. The van der Waals surface area contributed by atoms with Gasteiger partial charge in [-0.15, -0.1) is 11.3 Å². The smallest absolute Gasteiger partial charge is 0.276 e. The van der Waals surface area contributed by atoms with Gasteiger partial charge >= 0.3 is 0 Å². The summed E-state index contributed by atoms with van der Waals surface area (Å²) >= 11 is 1.49. The topological polar surface area (TPSA) is 73.0 Å². The number of carbonyl (C=O) groups excluding carboxylic acids is 1. The van der Waals surface area contributed by atoms with Gasteiger partial charge in [-0.2, -0.15) is 5.10 Å². The van der Waals surface area contributed by atoms with Gasteiger partial charge in [-0.05, 0) is 12.1 Å². The predicted molar refractivity (Wildman–Crippen MR) is 85.1 cm³/mol. The van der Waals surface area contributed by atoms with E-state index < -0.39 is 0 Å². The minimum absolute atomic E-state index is 0.239. The highest BCUT2D eigenvalue weighted by Crippen LogP contribution is 2.23. The number of hydrogen-bond acceptors (Lipinski definition) is 5. The molecule has 114 valence electrons. The predicted octanol–water partition coefficient (Wildman–Crippen LogP) is 3.51. The maximum atomic E-state index is 12.3. The largest absolute Gasteiger partial charge is 0.463 e. The molecule has 0 radical (unpaired) electrons. The van der Waals surface area contributed by atoms with Crippen LogP contribution in [0.3, 0.4) is 0 Å². The zero-order valence-electron chi connectivity index (χ0n) is 12.5. The minimum atomic E-state index is -0.239. The minimum Gasteiger partial charge on any atom is -0.463 e. The van der Waals surface area contributed by atoms with E-state index in [9.17, 15) is 4.79 Å². The second kappa shape index (κ2) is 5.76. The molecule has 3 aromatic rings. The molecule has 0 saturated carbocycles. The van der Waals surface area contributed by atoms with Crippen LogP contribution in [0, 0.1) is 0 Å². The van der Waals surface area contributed by atoms with E-state index in [0.717, 1.165) is 5.01 Å². The number of furan rings is 1. The molecule has 0 fully saturated rings. The van der Waals surface area contributed by atoms with Gasteiger partial charge in [-0.25, -0.2) is 4.98 Å². The molecule has 3 rings (SSSR count). The fourth-order valence-electron chi connectivity index (χ4n) is 1.97. The molecule has 3 heterocycles. The molecule has 1 amide bonds. The number of rotatable bonds is 4. The van der Waals surface area contributed by atoms with Gasteiger partial charge < -0.3 is 9.73 Å². The Labute approximate surface area is 131 Å². The first-order valence-corrected chi connectivity index (χ1v) is 7.77. The molecule has 7 heteroatoms. The summed E-state index contributed by atoms with van der Waals surface area (Å²) in [5, 5.41) is 9.87. The summed E-state index contributed by atoms with van der Waals surface area (Å²) in [6.07, 6.45) is 1.59. The standard InChI is InChI=1S/C15H16N4O2S/c1-9(2)15-16-11(8-22-15)14(20)17-13-7-10(18-19(13)3)12-5-4-6-21-12/h4-9H,1-3H3,(H,17,20). The third kappa shape index (κ3) is 2.80. The van der Waals surface area contributed by atoms with E-state index in [-0.39, 0.29) is 5.91 Å². The normalized spacial score (nSPS) is 11.1. The van der Waals surface area contributed by atoms with Crippen molar-refractivity contribution in [1.82, 2.24) is 14.8 Å². The van der Waals surface area contributed by atoms with E-state index in [2.05, 4.69) is 29.2 Å². The van der Waals surface area contributed by atoms with Crippen molar-refractivity contribution < 1.29 is 9.21 Å². The molecule has 0 aromatic carbocycles. The fourth-order valence-corrected chi connectivity index (χ4v) is 2.78. The maximum absolute atomic E-state index is 12.3. The lowest BCUT2D eigenvalue weighted by Crippen LogP contribution is -2.15. The number of anilines is 1. The maximum Gasteiger partial charge on any atom is 0.276 e. The Balaban J connectivity index is 1.79. The van der Waals surface area contributed by atoms with Gasteiger partial charge in [0.05, 0.1) is 11.3 Å². The van der Waals surface area contributed by atoms with E-state index >= 15 is 0 Å². The Morgan fingerprint density at radius 3 is 2.91 bits per heavy atom. The molecule has 0 unspecified atom stereocenters. The lowest BCUT2D eigenvalue weighted by atomic mass is 10.2. The Morgan fingerprint density at radius 2 is 2.27 bits per heavy atom. The van der Waals surface area contributed by atoms with Crippen molar-refractivity contribution in [3.63, 3.8) is 0 Å². The van der Waals surface area contributed by atoms with Crippen LogP contribution in [-0.2, 0) is 7.05 Å². The molecule has 1 N–H and O–H groups in total. The molecular weight excluding hydrogens is 300 g/mol. The molecule has 0 bridgehead atoms. The van der Waals surface area contributed by atoms with Crippen LogP contribution in [0.1, 0.15) is 35.3 Å². The van der Waals surface area contributed by atoms with Crippen molar-refractivity contribution in [2.75, 3.05) is 5.32 Å². The Morgan fingerprint density at radius 1 is 1.45 bits per heavy atom. The third-order valence-corrected chi connectivity index (χ3v) is 4.29. The van der Waals surface area contributed by atoms with Gasteiger partial charge in [-0.1, -0.05) is 13.8 Å². The number of nitrogens with zero attached hydrogens (tertiary/aromatic N) is 3. The summed E-state index contributed by atoms with van der Waals surface area (Å²) in [7, 11) is 1.77. The van der Waals surface area contributed by atoms with E-state index in [1.807, 2.05) is 6.07 Å². The second-order valence-corrected chi connectivity index (χ2v) is 6.09. The molecular formula is C15H16N4O2S. The highest BCUT2D eigenvalue weighted by molar-refractivity contribution is 7.09. The van der Waals surface area contributed by atoms with Crippen molar-refractivity contribution in [2.45, 2.75) is 19.8 Å². The number of carbonyl (C=O) groups is 1. The van der Waals surface area contributed by atoms with Gasteiger partial charge in [0.2, 0.25) is 0 Å². The number of thiazole rings is 1. The number of hydrogen-bond donors (Lipinski definition) is 1. The van der Waals surface area contributed by atoms with Crippen LogP contribution in [-0.4, -0.2) is 20.7 Å². The van der Waals surface area contributed by atoms with Gasteiger partial charge in [0.15, 0.2) is 5.76 Å². The number of amides is 1. The molecule has 0 aliphatic heterocycles. The highest BCUT2D eigenvalue weighted by Gasteiger charge is 2.16. The van der Waals surface area contributed by atoms with Gasteiger partial charge in [0, 0.05) is 24.4 Å². The van der Waals surface area contributed by atoms with E-state index in [4.69, 9.17) is 4.42 Å². The van der Waals surface area contributed by atoms with Crippen LogP contribution >= 0.6 is 11.3 Å². The van der Waals surface area contributed by atoms with Crippen LogP contribution in [0.4, 0.5) is 5.82 Å². The van der Waals surface area contributed by atoms with Crippen molar-refractivity contribution in [1.29, 1.82) is 0 Å². The average molecular weight is 316 g/mol. The first-order chi connectivity index (χ1) is 10.5. The Bertz CT molecular complexity index is 786. The quantitative estimate of drug-likeness (QED) is 0.799. The van der Waals surface area contributed by atoms with Crippen LogP contribution in [0.15, 0.2) is 34.3 Å². The number of aryl methyl sites for hydroxylation is 1. The van der Waals surface area contributed by atoms with Crippen molar-refractivity contribution in [2.24, 2.45) is 7.05 Å².